The molecule has 1 aliphatic heterocycles. The van der Waals surface area contributed by atoms with E-state index in [1.54, 1.807) is 23.3 Å². The van der Waals surface area contributed by atoms with Crippen LogP contribution in [-0.4, -0.2) is 64.3 Å². The molecule has 4 N–H and O–H groups in total. The third-order valence-corrected chi connectivity index (χ3v) is 6.38. The third-order valence-electron chi connectivity index (χ3n) is 6.38. The van der Waals surface area contributed by atoms with Gasteiger partial charge in [-0.2, -0.15) is 10.2 Å². The van der Waals surface area contributed by atoms with E-state index in [1.165, 1.54) is 12.8 Å². The average Bonchev–Trinajstić information content (AvgIpc) is 3.59. The number of aromatic nitrogens is 7. The predicted molar refractivity (Wildman–Crippen MR) is 128 cm³/mol. The Morgan fingerprint density at radius 2 is 2.06 bits per heavy atom. The maximum absolute atomic E-state index is 10.1. The molecule has 3 saturated carbocycles. The summed E-state index contributed by atoms with van der Waals surface area (Å²) >= 11 is 0. The number of anilines is 2. The summed E-state index contributed by atoms with van der Waals surface area (Å²) in [5, 5.41) is 25.0. The first kappa shape index (κ1) is 22.8. The van der Waals surface area contributed by atoms with E-state index in [-0.39, 0.29) is 5.54 Å². The summed E-state index contributed by atoms with van der Waals surface area (Å²) in [6, 6.07) is 3.76. The Labute approximate surface area is 201 Å². The monoisotopic (exact) mass is 479 g/mol. The van der Waals surface area contributed by atoms with E-state index in [0.29, 0.717) is 5.95 Å². The molecule has 4 fully saturated rings. The van der Waals surface area contributed by atoms with E-state index >= 15 is 0 Å². The number of carboxylic acid groups (broad SMARTS) is 1. The molecule has 4 aromatic rings. The molecule has 0 atom stereocenters. The van der Waals surface area contributed by atoms with Gasteiger partial charge in [0, 0.05) is 62.1 Å². The summed E-state index contributed by atoms with van der Waals surface area (Å²) in [6.07, 6.45) is 13.9. The summed E-state index contributed by atoms with van der Waals surface area (Å²) in [6.45, 7) is 2.00. The summed E-state index contributed by atoms with van der Waals surface area (Å²) in [4.78, 5) is 19.1. The Balaban J connectivity index is 0.000000147. The van der Waals surface area contributed by atoms with Crippen LogP contribution >= 0.6 is 0 Å². The first-order valence-corrected chi connectivity index (χ1v) is 11.7. The number of fused-ring (bicyclic) bond motifs is 1. The average molecular weight is 480 g/mol. The molecule has 5 heterocycles. The van der Waals surface area contributed by atoms with Gasteiger partial charge >= 0.3 is 6.09 Å². The molecule has 0 aromatic carbocycles. The molecule has 4 aromatic heterocycles. The fourth-order valence-electron chi connectivity index (χ4n) is 4.53. The second kappa shape index (κ2) is 9.74. The first-order valence-electron chi connectivity index (χ1n) is 11.7. The van der Waals surface area contributed by atoms with Gasteiger partial charge in [0.1, 0.15) is 11.5 Å². The zero-order valence-electron chi connectivity index (χ0n) is 19.5. The van der Waals surface area contributed by atoms with Crippen LogP contribution in [-0.2, 0) is 11.8 Å². The Bertz CT molecular complexity index is 1250. The molecule has 2 bridgehead atoms. The van der Waals surface area contributed by atoms with Crippen molar-refractivity contribution < 1.29 is 14.6 Å². The summed E-state index contributed by atoms with van der Waals surface area (Å²) in [7, 11) is 1.88. The highest BCUT2D eigenvalue weighted by Gasteiger charge is 2.57. The van der Waals surface area contributed by atoms with Gasteiger partial charge in [0.25, 0.3) is 0 Å². The number of nitrogens with one attached hydrogen (secondary N) is 3. The van der Waals surface area contributed by atoms with Crippen molar-refractivity contribution in [1.82, 2.24) is 39.7 Å². The van der Waals surface area contributed by atoms with Crippen LogP contribution in [0.2, 0.25) is 0 Å². The van der Waals surface area contributed by atoms with Gasteiger partial charge in [0.2, 0.25) is 5.95 Å². The quantitative estimate of drug-likeness (QED) is 0.349. The number of rotatable bonds is 4. The second-order valence-electron chi connectivity index (χ2n) is 9.13. The minimum absolute atomic E-state index is 0.0382. The molecule has 1 saturated heterocycles. The van der Waals surface area contributed by atoms with Crippen molar-refractivity contribution in [3.63, 3.8) is 0 Å². The molecule has 0 unspecified atom stereocenters. The molecular weight excluding hydrogens is 450 g/mol. The van der Waals surface area contributed by atoms with Crippen molar-refractivity contribution in [3.8, 4) is 11.3 Å². The molecule has 12 nitrogen and oxygen atoms in total. The number of H-pyrrole nitrogens is 1. The van der Waals surface area contributed by atoms with Gasteiger partial charge in [-0.25, -0.2) is 14.8 Å². The van der Waals surface area contributed by atoms with E-state index in [1.807, 2.05) is 36.0 Å². The van der Waals surface area contributed by atoms with Crippen LogP contribution in [0.4, 0.5) is 16.6 Å². The molecule has 4 aliphatic rings. The number of amides is 1. The molecule has 0 spiro atoms. The zero-order chi connectivity index (χ0) is 24.3. The van der Waals surface area contributed by atoms with Gasteiger partial charge < -0.3 is 20.5 Å². The van der Waals surface area contributed by atoms with Crippen LogP contribution in [0.15, 0.2) is 43.1 Å². The summed E-state index contributed by atoms with van der Waals surface area (Å²) < 4.78 is 8.56. The number of hydrogen-bond acceptors (Lipinski definition) is 7. The van der Waals surface area contributed by atoms with E-state index in [2.05, 4.69) is 35.9 Å². The molecule has 0 radical (unpaired) electrons. The Hall–Kier alpha value is -3.93. The highest BCUT2D eigenvalue weighted by atomic mass is 16.5. The summed E-state index contributed by atoms with van der Waals surface area (Å²) in [5.74, 6) is 2.27. The Morgan fingerprint density at radius 1 is 1.26 bits per heavy atom. The molecule has 8 rings (SSSR count). The zero-order valence-corrected chi connectivity index (χ0v) is 19.5. The number of imidazole rings is 1. The van der Waals surface area contributed by atoms with Crippen molar-refractivity contribution >= 4 is 23.5 Å². The van der Waals surface area contributed by atoms with Crippen LogP contribution in [0.3, 0.4) is 0 Å². The standard InChI is InChI=1S/C13H12N8.C6H9NO2.C4H8O/c1-20-8-9(7-16-20)10-6-12-14-4-5-21(12)13(17-10)18-11-2-3-15-19-11;8-5(9)7-6-1-4(2-6)3-6;1-2-4-5-3-1/h2-8H,1H3,(H2,15,17,18,19);4,7H,1-3H2,(H,8,9);1-4H2. The van der Waals surface area contributed by atoms with E-state index < -0.39 is 6.09 Å². The van der Waals surface area contributed by atoms with Gasteiger partial charge in [-0.3, -0.25) is 14.2 Å². The molecule has 3 aliphatic carbocycles. The van der Waals surface area contributed by atoms with E-state index in [9.17, 15) is 4.79 Å². The summed E-state index contributed by atoms with van der Waals surface area (Å²) in [5.41, 5.74) is 2.60. The first-order chi connectivity index (χ1) is 17.0. The lowest BCUT2D eigenvalue weighted by molar-refractivity contribution is -0.0448. The van der Waals surface area contributed by atoms with Crippen LogP contribution < -0.4 is 10.6 Å². The van der Waals surface area contributed by atoms with Crippen molar-refractivity contribution in [1.29, 1.82) is 0 Å². The SMILES string of the molecule is C1CCOC1.Cn1cc(-c2cc3nccn3c(Nc3ccn[nH]3)n2)cn1.O=C(O)NC12CC(C1)C2. The normalized spacial score (nSPS) is 21.6. The molecule has 184 valence electrons. The van der Waals surface area contributed by atoms with Crippen molar-refractivity contribution in [2.24, 2.45) is 13.0 Å². The van der Waals surface area contributed by atoms with Crippen LogP contribution in [0.1, 0.15) is 32.1 Å². The Morgan fingerprint density at radius 3 is 2.57 bits per heavy atom. The van der Waals surface area contributed by atoms with Gasteiger partial charge in [-0.15, -0.1) is 0 Å². The number of ether oxygens (including phenoxy) is 1. The van der Waals surface area contributed by atoms with Crippen LogP contribution in [0.25, 0.3) is 16.9 Å². The van der Waals surface area contributed by atoms with Gasteiger partial charge in [0.05, 0.1) is 18.1 Å². The van der Waals surface area contributed by atoms with Crippen molar-refractivity contribution in [3.05, 3.63) is 43.1 Å². The molecule has 12 heteroatoms. The lowest BCUT2D eigenvalue weighted by Gasteiger charge is -2.61. The fraction of sp³-hybridized carbons (Fsp3) is 0.435. The maximum Gasteiger partial charge on any atom is 0.405 e. The van der Waals surface area contributed by atoms with Gasteiger partial charge in [-0.1, -0.05) is 0 Å². The van der Waals surface area contributed by atoms with E-state index in [0.717, 1.165) is 61.1 Å². The van der Waals surface area contributed by atoms with Crippen LogP contribution in [0.5, 0.6) is 0 Å². The number of aryl methyl sites for hydroxylation is 1. The fourth-order valence-corrected chi connectivity index (χ4v) is 4.53. The lowest BCUT2D eigenvalue weighted by atomic mass is 9.50. The van der Waals surface area contributed by atoms with Gasteiger partial charge in [-0.05, 0) is 38.0 Å². The van der Waals surface area contributed by atoms with Crippen molar-refractivity contribution in [2.45, 2.75) is 37.6 Å². The molecular formula is C23H29N9O3. The van der Waals surface area contributed by atoms with E-state index in [4.69, 9.17) is 9.84 Å². The number of carbonyl (C=O) groups is 1. The largest absolute Gasteiger partial charge is 0.465 e. The number of nitrogens with zero attached hydrogens (tertiary/aromatic N) is 6. The predicted octanol–water partition coefficient (Wildman–Crippen LogP) is 3.20. The topological polar surface area (TPSA) is 147 Å². The third kappa shape index (κ3) is 5.27. The lowest BCUT2D eigenvalue weighted by Crippen LogP contribution is -2.67. The molecule has 35 heavy (non-hydrogen) atoms. The highest BCUT2D eigenvalue weighted by molar-refractivity contribution is 5.67. The minimum atomic E-state index is -0.867. The van der Waals surface area contributed by atoms with Crippen LogP contribution in [0, 0.1) is 5.92 Å². The smallest absolute Gasteiger partial charge is 0.405 e. The molecule has 1 amide bonds. The Kier molecular flexibility index (Phi) is 6.36. The minimum Gasteiger partial charge on any atom is -0.465 e. The second-order valence-corrected chi connectivity index (χ2v) is 9.13. The van der Waals surface area contributed by atoms with Crippen molar-refractivity contribution in [2.75, 3.05) is 18.5 Å². The number of hydrogen-bond donors (Lipinski definition) is 4. The van der Waals surface area contributed by atoms with Gasteiger partial charge in [0.15, 0.2) is 0 Å². The highest BCUT2D eigenvalue weighted by Crippen LogP contribution is 2.56. The maximum atomic E-state index is 10.1. The number of aromatic amines is 1.